The first-order chi connectivity index (χ1) is 9.69. The summed E-state index contributed by atoms with van der Waals surface area (Å²) < 4.78 is 0. The van der Waals surface area contributed by atoms with Crippen molar-refractivity contribution in [2.75, 3.05) is 18.1 Å². The summed E-state index contributed by atoms with van der Waals surface area (Å²) in [6.45, 7) is 3.09. The highest BCUT2D eigenvalue weighted by molar-refractivity contribution is 7.98. The van der Waals surface area contributed by atoms with Crippen LogP contribution in [0.4, 0.5) is 5.82 Å². The van der Waals surface area contributed by atoms with E-state index in [1.165, 1.54) is 17.3 Å². The number of halogens is 1. The van der Waals surface area contributed by atoms with Crippen molar-refractivity contribution < 1.29 is 0 Å². The zero-order valence-corrected chi connectivity index (χ0v) is 13.2. The van der Waals surface area contributed by atoms with E-state index in [1.54, 1.807) is 6.07 Å². The molecule has 20 heavy (non-hydrogen) atoms. The van der Waals surface area contributed by atoms with Crippen molar-refractivity contribution in [3.05, 3.63) is 47.1 Å². The Hall–Kier alpha value is -1.26. The first-order valence-electron chi connectivity index (χ1n) is 6.56. The van der Waals surface area contributed by atoms with Crippen LogP contribution in [0.15, 0.2) is 41.6 Å². The van der Waals surface area contributed by atoms with Crippen molar-refractivity contribution in [1.82, 2.24) is 9.97 Å². The Kier molecular flexibility index (Phi) is 5.68. The van der Waals surface area contributed by atoms with Crippen LogP contribution in [-0.4, -0.2) is 22.8 Å². The van der Waals surface area contributed by atoms with Crippen LogP contribution in [0.5, 0.6) is 0 Å². The Morgan fingerprint density at radius 3 is 2.70 bits per heavy atom. The second-order valence-corrected chi connectivity index (χ2v) is 5.75. The molecule has 0 saturated carbocycles. The summed E-state index contributed by atoms with van der Waals surface area (Å²) in [6.07, 6.45) is 2.98. The predicted molar refractivity (Wildman–Crippen MR) is 86.8 cm³/mol. The molecule has 1 N–H and O–H groups in total. The van der Waals surface area contributed by atoms with Gasteiger partial charge in [-0.2, -0.15) is 0 Å². The molecule has 0 fully saturated rings. The molecule has 0 spiro atoms. The van der Waals surface area contributed by atoms with Crippen LogP contribution in [0.1, 0.15) is 24.8 Å². The lowest BCUT2D eigenvalue weighted by Crippen LogP contribution is -2.07. The average Bonchev–Trinajstić information content (AvgIpc) is 2.47. The highest BCUT2D eigenvalue weighted by Crippen LogP contribution is 2.20. The monoisotopic (exact) mass is 307 g/mol. The Balaban J connectivity index is 1.88. The first-order valence-corrected chi connectivity index (χ1v) is 8.16. The maximum atomic E-state index is 5.96. The smallest absolute Gasteiger partial charge is 0.190 e. The molecule has 0 saturated heterocycles. The Morgan fingerprint density at radius 2 is 2.00 bits per heavy atom. The summed E-state index contributed by atoms with van der Waals surface area (Å²) in [4.78, 5) is 8.50. The Labute approximate surface area is 129 Å². The topological polar surface area (TPSA) is 37.8 Å². The number of anilines is 1. The molecule has 1 aromatic heterocycles. The van der Waals surface area contributed by atoms with E-state index >= 15 is 0 Å². The molecule has 0 amide bonds. The maximum Gasteiger partial charge on any atom is 0.190 e. The zero-order chi connectivity index (χ0) is 14.4. The van der Waals surface area contributed by atoms with Gasteiger partial charge in [0.25, 0.3) is 0 Å². The van der Waals surface area contributed by atoms with Crippen molar-refractivity contribution in [1.29, 1.82) is 0 Å². The van der Waals surface area contributed by atoms with Gasteiger partial charge in [0.05, 0.1) is 0 Å². The van der Waals surface area contributed by atoms with Gasteiger partial charge in [-0.3, -0.25) is 0 Å². The van der Waals surface area contributed by atoms with Crippen LogP contribution >= 0.6 is 23.4 Å². The van der Waals surface area contributed by atoms with Gasteiger partial charge in [-0.25, -0.2) is 9.97 Å². The van der Waals surface area contributed by atoms with Gasteiger partial charge < -0.3 is 5.32 Å². The Bertz CT molecular complexity index is 548. The molecule has 1 aromatic carbocycles. The molecule has 0 radical (unpaired) electrons. The van der Waals surface area contributed by atoms with E-state index in [4.69, 9.17) is 11.6 Å². The average molecular weight is 308 g/mol. The van der Waals surface area contributed by atoms with Gasteiger partial charge in [0, 0.05) is 12.6 Å². The number of rotatable bonds is 6. The third-order valence-corrected chi connectivity index (χ3v) is 3.85. The first kappa shape index (κ1) is 15.1. The van der Waals surface area contributed by atoms with Crippen LogP contribution in [0.25, 0.3) is 0 Å². The number of thioether (sulfide) groups is 1. The minimum atomic E-state index is 0.475. The number of aromatic nitrogens is 2. The quantitative estimate of drug-likeness (QED) is 0.486. The molecule has 0 aliphatic heterocycles. The van der Waals surface area contributed by atoms with Gasteiger partial charge in [0.2, 0.25) is 0 Å². The number of hydrogen-bond acceptors (Lipinski definition) is 4. The number of benzene rings is 1. The van der Waals surface area contributed by atoms with E-state index in [9.17, 15) is 0 Å². The molecule has 0 aliphatic rings. The van der Waals surface area contributed by atoms with Crippen LogP contribution in [-0.2, 0) is 0 Å². The van der Waals surface area contributed by atoms with Crippen LogP contribution < -0.4 is 5.32 Å². The number of nitrogens with zero attached hydrogens (tertiary/aromatic N) is 2. The lowest BCUT2D eigenvalue weighted by molar-refractivity contribution is 0.704. The summed E-state index contributed by atoms with van der Waals surface area (Å²) >= 11 is 7.45. The van der Waals surface area contributed by atoms with Gasteiger partial charge in [-0.05, 0) is 24.2 Å². The van der Waals surface area contributed by atoms with E-state index in [1.807, 2.05) is 12.3 Å². The fourth-order valence-corrected chi connectivity index (χ4v) is 2.56. The molecule has 3 nitrogen and oxygen atoms in total. The van der Waals surface area contributed by atoms with Crippen molar-refractivity contribution in [3.63, 3.8) is 0 Å². The summed E-state index contributed by atoms with van der Waals surface area (Å²) in [5.74, 6) is 1.30. The molecule has 0 aliphatic carbocycles. The summed E-state index contributed by atoms with van der Waals surface area (Å²) in [6, 6.07) is 12.3. The number of hydrogen-bond donors (Lipinski definition) is 1. The standard InChI is InChI=1S/C15H18ClN3S/c1-11(12-6-4-3-5-7-12)8-9-17-14-10-13(16)18-15(19-14)20-2/h3-7,10-11H,8-9H2,1-2H3,(H,17,18,19). The van der Waals surface area contributed by atoms with E-state index in [0.29, 0.717) is 16.2 Å². The van der Waals surface area contributed by atoms with Gasteiger partial charge in [0.1, 0.15) is 11.0 Å². The third kappa shape index (κ3) is 4.39. The minimum Gasteiger partial charge on any atom is -0.370 e. The van der Waals surface area contributed by atoms with Crippen molar-refractivity contribution in [2.24, 2.45) is 0 Å². The molecule has 5 heteroatoms. The molecule has 1 heterocycles. The highest BCUT2D eigenvalue weighted by atomic mass is 35.5. The van der Waals surface area contributed by atoms with Crippen molar-refractivity contribution in [3.8, 4) is 0 Å². The number of nitrogens with one attached hydrogen (secondary N) is 1. The van der Waals surface area contributed by atoms with E-state index in [2.05, 4.69) is 46.5 Å². The Morgan fingerprint density at radius 1 is 1.25 bits per heavy atom. The van der Waals surface area contributed by atoms with E-state index in [-0.39, 0.29) is 0 Å². The molecular weight excluding hydrogens is 290 g/mol. The summed E-state index contributed by atoms with van der Waals surface area (Å²) in [5.41, 5.74) is 1.36. The molecule has 0 bridgehead atoms. The maximum absolute atomic E-state index is 5.96. The predicted octanol–water partition coefficient (Wildman–Crippen LogP) is 4.46. The second kappa shape index (κ2) is 7.50. The SMILES string of the molecule is CSc1nc(Cl)cc(NCCC(C)c2ccccc2)n1. The van der Waals surface area contributed by atoms with Crippen LogP contribution in [0.2, 0.25) is 5.15 Å². The molecule has 2 aromatic rings. The summed E-state index contributed by atoms with van der Waals surface area (Å²) in [5, 5.41) is 4.48. The van der Waals surface area contributed by atoms with Gasteiger partial charge >= 0.3 is 0 Å². The van der Waals surface area contributed by atoms with Crippen molar-refractivity contribution >= 4 is 29.2 Å². The minimum absolute atomic E-state index is 0.475. The lowest BCUT2D eigenvalue weighted by atomic mass is 9.98. The third-order valence-electron chi connectivity index (χ3n) is 3.11. The largest absolute Gasteiger partial charge is 0.370 e. The fraction of sp³-hybridized carbons (Fsp3) is 0.333. The lowest BCUT2D eigenvalue weighted by Gasteiger charge is -2.13. The van der Waals surface area contributed by atoms with Gasteiger partial charge in [-0.15, -0.1) is 0 Å². The van der Waals surface area contributed by atoms with Crippen LogP contribution in [0.3, 0.4) is 0 Å². The van der Waals surface area contributed by atoms with Crippen molar-refractivity contribution in [2.45, 2.75) is 24.4 Å². The molecule has 1 unspecified atom stereocenters. The normalized spacial score (nSPS) is 12.2. The molecule has 1 atom stereocenters. The van der Waals surface area contributed by atoms with Gasteiger partial charge in [-0.1, -0.05) is 60.6 Å². The second-order valence-electron chi connectivity index (χ2n) is 4.59. The summed E-state index contributed by atoms with van der Waals surface area (Å²) in [7, 11) is 0. The van der Waals surface area contributed by atoms with Crippen LogP contribution in [0, 0.1) is 0 Å². The zero-order valence-electron chi connectivity index (χ0n) is 11.6. The van der Waals surface area contributed by atoms with E-state index in [0.717, 1.165) is 18.8 Å². The molecule has 2 rings (SSSR count). The fourth-order valence-electron chi connectivity index (χ4n) is 1.94. The van der Waals surface area contributed by atoms with Gasteiger partial charge in [0.15, 0.2) is 5.16 Å². The van der Waals surface area contributed by atoms with E-state index < -0.39 is 0 Å². The molecular formula is C15H18ClN3S. The highest BCUT2D eigenvalue weighted by Gasteiger charge is 2.06. The molecule has 106 valence electrons.